The van der Waals surface area contributed by atoms with Gasteiger partial charge < -0.3 is 0 Å². The third-order valence-corrected chi connectivity index (χ3v) is 4.73. The highest BCUT2D eigenvalue weighted by molar-refractivity contribution is 6.51. The van der Waals surface area contributed by atoms with Gasteiger partial charge in [0.25, 0.3) is 0 Å². The minimum Gasteiger partial charge on any atom is -0.289 e. The standard InChI is InChI=1S/C23H14N6O/c24-28-26-17-9-5-15(6-10-17)13-21-19-3-1-2-4-20(19)22(23(21)30)14-16-7-11-18(12-8-16)27-29-25/h1-14H/b21-13-,22-14-. The number of fused-ring (bicyclic) bond motifs is 1. The van der Waals surface area contributed by atoms with Crippen molar-refractivity contribution in [3.63, 3.8) is 0 Å². The number of hydrogen-bond acceptors (Lipinski definition) is 3. The summed E-state index contributed by atoms with van der Waals surface area (Å²) in [6.07, 6.45) is 3.68. The van der Waals surface area contributed by atoms with Crippen LogP contribution in [0.2, 0.25) is 0 Å². The second-order valence-electron chi connectivity index (χ2n) is 6.55. The highest BCUT2D eigenvalue weighted by Crippen LogP contribution is 2.39. The van der Waals surface area contributed by atoms with Crippen LogP contribution >= 0.6 is 0 Å². The van der Waals surface area contributed by atoms with Crippen molar-refractivity contribution in [2.24, 2.45) is 10.2 Å². The van der Waals surface area contributed by atoms with E-state index in [1.165, 1.54) is 0 Å². The lowest BCUT2D eigenvalue weighted by molar-refractivity contribution is -0.108. The van der Waals surface area contributed by atoms with E-state index in [-0.39, 0.29) is 5.78 Å². The van der Waals surface area contributed by atoms with E-state index in [0.29, 0.717) is 22.5 Å². The molecule has 0 heterocycles. The van der Waals surface area contributed by atoms with E-state index < -0.39 is 0 Å². The molecule has 0 spiro atoms. The molecule has 0 N–H and O–H groups in total. The number of benzene rings is 3. The summed E-state index contributed by atoms with van der Waals surface area (Å²) in [6, 6.07) is 21.7. The average Bonchev–Trinajstić information content (AvgIpc) is 3.03. The summed E-state index contributed by atoms with van der Waals surface area (Å²) >= 11 is 0. The van der Waals surface area contributed by atoms with Gasteiger partial charge in [-0.2, -0.15) is 0 Å². The van der Waals surface area contributed by atoms with Gasteiger partial charge in [0.05, 0.1) is 0 Å². The van der Waals surface area contributed by atoms with Gasteiger partial charge in [0.15, 0.2) is 5.78 Å². The topological polar surface area (TPSA) is 115 Å². The predicted octanol–water partition coefficient (Wildman–Crippen LogP) is 7.23. The second kappa shape index (κ2) is 8.20. The molecule has 0 saturated carbocycles. The molecule has 0 bridgehead atoms. The van der Waals surface area contributed by atoms with Gasteiger partial charge in [0.2, 0.25) is 0 Å². The van der Waals surface area contributed by atoms with Crippen molar-refractivity contribution in [2.45, 2.75) is 0 Å². The van der Waals surface area contributed by atoms with E-state index in [0.717, 1.165) is 22.3 Å². The molecule has 0 radical (unpaired) electrons. The molecular formula is C23H14N6O. The van der Waals surface area contributed by atoms with Gasteiger partial charge in [-0.15, -0.1) is 0 Å². The van der Waals surface area contributed by atoms with Crippen LogP contribution in [-0.2, 0) is 4.79 Å². The van der Waals surface area contributed by atoms with E-state index in [2.05, 4.69) is 20.1 Å². The maximum Gasteiger partial charge on any atom is 0.194 e. The molecule has 0 fully saturated rings. The minimum atomic E-state index is -0.0607. The van der Waals surface area contributed by atoms with Crippen LogP contribution in [0.4, 0.5) is 11.4 Å². The maximum atomic E-state index is 13.2. The summed E-state index contributed by atoms with van der Waals surface area (Å²) in [7, 11) is 0. The Labute approximate surface area is 171 Å². The quantitative estimate of drug-likeness (QED) is 0.199. The normalized spacial score (nSPS) is 14.9. The van der Waals surface area contributed by atoms with E-state index >= 15 is 0 Å². The van der Waals surface area contributed by atoms with Crippen LogP contribution in [-0.4, -0.2) is 5.78 Å². The Hall–Kier alpha value is -4.57. The zero-order valence-corrected chi connectivity index (χ0v) is 15.7. The number of azide groups is 2. The first-order chi connectivity index (χ1) is 14.7. The number of carbonyl (C=O) groups excluding carboxylic acids is 1. The first-order valence-electron chi connectivity index (χ1n) is 9.08. The van der Waals surface area contributed by atoms with Crippen LogP contribution in [0.3, 0.4) is 0 Å². The van der Waals surface area contributed by atoms with Gasteiger partial charge >= 0.3 is 0 Å². The van der Waals surface area contributed by atoms with E-state index in [9.17, 15) is 4.79 Å². The van der Waals surface area contributed by atoms with E-state index in [1.807, 2.05) is 60.7 Å². The Bertz CT molecular complexity index is 1190. The Kier molecular flexibility index (Phi) is 5.14. The predicted molar refractivity (Wildman–Crippen MR) is 118 cm³/mol. The molecule has 0 aromatic heterocycles. The Morgan fingerprint density at radius 3 is 1.40 bits per heavy atom. The number of ketones is 1. The van der Waals surface area contributed by atoms with Crippen LogP contribution in [0.5, 0.6) is 0 Å². The van der Waals surface area contributed by atoms with Crippen molar-refractivity contribution >= 4 is 40.5 Å². The van der Waals surface area contributed by atoms with E-state index in [4.69, 9.17) is 11.1 Å². The number of nitrogens with zero attached hydrogens (tertiary/aromatic N) is 6. The molecule has 0 amide bonds. The third kappa shape index (κ3) is 3.70. The molecule has 7 heteroatoms. The molecule has 0 saturated heterocycles. The molecule has 1 aliphatic carbocycles. The van der Waals surface area contributed by atoms with Crippen LogP contribution in [0, 0.1) is 0 Å². The molecular weight excluding hydrogens is 376 g/mol. The molecule has 142 valence electrons. The number of hydrogen-bond donors (Lipinski definition) is 0. The summed E-state index contributed by atoms with van der Waals surface area (Å²) in [5.41, 5.74) is 22.7. The zero-order chi connectivity index (χ0) is 20.9. The van der Waals surface area contributed by atoms with Crippen molar-refractivity contribution in [2.75, 3.05) is 0 Å². The zero-order valence-electron chi connectivity index (χ0n) is 15.7. The maximum absolute atomic E-state index is 13.2. The van der Waals surface area contributed by atoms with Gasteiger partial charge in [-0.1, -0.05) is 83.0 Å². The molecule has 4 rings (SSSR count). The highest BCUT2D eigenvalue weighted by Gasteiger charge is 2.29. The third-order valence-electron chi connectivity index (χ3n) is 4.73. The summed E-state index contributed by atoms with van der Waals surface area (Å²) in [6.45, 7) is 0. The number of carbonyl (C=O) groups is 1. The first-order valence-corrected chi connectivity index (χ1v) is 9.08. The van der Waals surface area contributed by atoms with Gasteiger partial charge in [-0.3, -0.25) is 4.79 Å². The van der Waals surface area contributed by atoms with E-state index in [1.54, 1.807) is 24.3 Å². The van der Waals surface area contributed by atoms with Crippen LogP contribution in [0.1, 0.15) is 22.3 Å². The SMILES string of the molecule is [N-]=[N+]=Nc1ccc(/C=C2\C(=O)/C(=C\c3ccc(N=[N+]=[N-])cc3)c3ccccc32)cc1. The lowest BCUT2D eigenvalue weighted by Crippen LogP contribution is -1.94. The lowest BCUT2D eigenvalue weighted by atomic mass is 10.0. The molecule has 30 heavy (non-hydrogen) atoms. The minimum absolute atomic E-state index is 0.0607. The van der Waals surface area contributed by atoms with Crippen molar-refractivity contribution in [1.29, 1.82) is 0 Å². The lowest BCUT2D eigenvalue weighted by Gasteiger charge is -2.00. The highest BCUT2D eigenvalue weighted by atomic mass is 16.1. The van der Waals surface area contributed by atoms with Gasteiger partial charge in [0.1, 0.15) is 0 Å². The Balaban J connectivity index is 1.75. The van der Waals surface area contributed by atoms with Crippen molar-refractivity contribution in [3.8, 4) is 0 Å². The summed E-state index contributed by atoms with van der Waals surface area (Å²) in [5.74, 6) is -0.0607. The van der Waals surface area contributed by atoms with Gasteiger partial charge in [-0.05, 0) is 45.5 Å². The second-order valence-corrected chi connectivity index (χ2v) is 6.55. The van der Waals surface area contributed by atoms with Crippen molar-refractivity contribution in [3.05, 3.63) is 116 Å². The van der Waals surface area contributed by atoms with Crippen molar-refractivity contribution in [1.82, 2.24) is 0 Å². The number of rotatable bonds is 4. The number of Topliss-reactive ketones (excluding diaryl/α,β-unsaturated/α-hetero) is 1. The largest absolute Gasteiger partial charge is 0.289 e. The fourth-order valence-corrected chi connectivity index (χ4v) is 3.34. The van der Waals surface area contributed by atoms with Gasteiger partial charge in [-0.25, -0.2) is 0 Å². The Morgan fingerprint density at radius 1 is 0.633 bits per heavy atom. The molecule has 0 atom stereocenters. The number of allylic oxidation sites excluding steroid dienone is 2. The van der Waals surface area contributed by atoms with Crippen LogP contribution in [0.25, 0.3) is 44.2 Å². The summed E-state index contributed by atoms with van der Waals surface area (Å²) in [5, 5.41) is 7.13. The monoisotopic (exact) mass is 390 g/mol. The smallest absolute Gasteiger partial charge is 0.194 e. The fourth-order valence-electron chi connectivity index (χ4n) is 3.34. The molecule has 7 nitrogen and oxygen atoms in total. The molecule has 3 aromatic rings. The molecule has 3 aromatic carbocycles. The molecule has 1 aliphatic rings. The molecule has 0 unspecified atom stereocenters. The average molecular weight is 390 g/mol. The van der Waals surface area contributed by atoms with Crippen LogP contribution < -0.4 is 0 Å². The van der Waals surface area contributed by atoms with Crippen molar-refractivity contribution < 1.29 is 4.79 Å². The first kappa shape index (κ1) is 18.8. The summed E-state index contributed by atoms with van der Waals surface area (Å²) in [4.78, 5) is 18.8. The van der Waals surface area contributed by atoms with Gasteiger partial charge in [0, 0.05) is 32.3 Å². The molecule has 0 aliphatic heterocycles. The fraction of sp³-hybridized carbons (Fsp3) is 0. The van der Waals surface area contributed by atoms with Crippen LogP contribution in [0.15, 0.2) is 83.0 Å². The summed E-state index contributed by atoms with van der Waals surface area (Å²) < 4.78 is 0. The Morgan fingerprint density at radius 2 is 1.03 bits per heavy atom.